The van der Waals surface area contributed by atoms with E-state index in [4.69, 9.17) is 4.74 Å². The molecule has 0 spiro atoms. The van der Waals surface area contributed by atoms with Crippen LogP contribution in [0.3, 0.4) is 0 Å². The van der Waals surface area contributed by atoms with Crippen LogP contribution < -0.4 is 4.74 Å². The van der Waals surface area contributed by atoms with Crippen LogP contribution in [-0.4, -0.2) is 16.7 Å². The molecule has 0 aliphatic carbocycles. The van der Waals surface area contributed by atoms with E-state index in [1.54, 1.807) is 7.11 Å². The summed E-state index contributed by atoms with van der Waals surface area (Å²) in [5.74, 6) is 1.79. The standard InChI is InChI=1S/C13H15BrN2O/c1-9(2)16-12(14)8-15-13(16)10-5-4-6-11(7-10)17-3/h4-9H,1-3H3. The summed E-state index contributed by atoms with van der Waals surface area (Å²) >= 11 is 3.52. The number of ether oxygens (including phenoxy) is 1. The predicted molar refractivity (Wildman–Crippen MR) is 72.3 cm³/mol. The van der Waals surface area contributed by atoms with Gasteiger partial charge in [0.05, 0.1) is 13.3 Å². The van der Waals surface area contributed by atoms with Gasteiger partial charge in [0.1, 0.15) is 16.2 Å². The van der Waals surface area contributed by atoms with Gasteiger partial charge in [0, 0.05) is 11.6 Å². The van der Waals surface area contributed by atoms with E-state index in [1.165, 1.54) is 0 Å². The molecule has 1 aromatic carbocycles. The first kappa shape index (κ1) is 12.2. The van der Waals surface area contributed by atoms with Crippen LogP contribution in [0.1, 0.15) is 19.9 Å². The van der Waals surface area contributed by atoms with E-state index >= 15 is 0 Å². The van der Waals surface area contributed by atoms with Crippen LogP contribution in [0, 0.1) is 0 Å². The topological polar surface area (TPSA) is 27.1 Å². The maximum absolute atomic E-state index is 5.23. The minimum absolute atomic E-state index is 0.355. The van der Waals surface area contributed by atoms with E-state index in [0.29, 0.717) is 6.04 Å². The Hall–Kier alpha value is -1.29. The van der Waals surface area contributed by atoms with E-state index < -0.39 is 0 Å². The van der Waals surface area contributed by atoms with Gasteiger partial charge in [0.25, 0.3) is 0 Å². The predicted octanol–water partition coefficient (Wildman–Crippen LogP) is 3.90. The van der Waals surface area contributed by atoms with E-state index in [2.05, 4.69) is 39.3 Å². The van der Waals surface area contributed by atoms with E-state index in [-0.39, 0.29) is 0 Å². The molecule has 0 atom stereocenters. The Morgan fingerprint density at radius 1 is 1.35 bits per heavy atom. The zero-order valence-corrected chi connectivity index (χ0v) is 11.7. The molecule has 0 aliphatic rings. The number of imidazole rings is 1. The lowest BCUT2D eigenvalue weighted by Crippen LogP contribution is -2.03. The van der Waals surface area contributed by atoms with E-state index in [1.807, 2.05) is 30.5 Å². The molecule has 2 aromatic rings. The SMILES string of the molecule is COc1cccc(-c2ncc(Br)n2C(C)C)c1. The maximum Gasteiger partial charge on any atom is 0.141 e. The Balaban J connectivity index is 2.52. The van der Waals surface area contributed by atoms with Crippen molar-refractivity contribution in [2.24, 2.45) is 0 Å². The number of nitrogens with zero attached hydrogens (tertiary/aromatic N) is 2. The minimum Gasteiger partial charge on any atom is -0.497 e. The molecule has 1 heterocycles. The van der Waals surface area contributed by atoms with Gasteiger partial charge in [-0.2, -0.15) is 0 Å². The lowest BCUT2D eigenvalue weighted by atomic mass is 10.2. The molecular weight excluding hydrogens is 280 g/mol. The van der Waals surface area contributed by atoms with Crippen LogP contribution in [0.5, 0.6) is 5.75 Å². The first-order chi connectivity index (χ1) is 8.13. The fourth-order valence-corrected chi connectivity index (χ4v) is 2.49. The summed E-state index contributed by atoms with van der Waals surface area (Å²) in [4.78, 5) is 4.44. The minimum atomic E-state index is 0.355. The average Bonchev–Trinajstić information content (AvgIpc) is 2.71. The van der Waals surface area contributed by atoms with Crippen LogP contribution in [0.4, 0.5) is 0 Å². The van der Waals surface area contributed by atoms with Crippen molar-refractivity contribution in [2.75, 3.05) is 7.11 Å². The number of halogens is 1. The summed E-state index contributed by atoms with van der Waals surface area (Å²) in [5.41, 5.74) is 1.06. The summed E-state index contributed by atoms with van der Waals surface area (Å²) in [6, 6.07) is 8.29. The van der Waals surface area contributed by atoms with Crippen LogP contribution in [0.25, 0.3) is 11.4 Å². The Kier molecular flexibility index (Phi) is 3.52. The highest BCUT2D eigenvalue weighted by Gasteiger charge is 2.13. The third-order valence-electron chi connectivity index (χ3n) is 2.60. The zero-order valence-electron chi connectivity index (χ0n) is 10.1. The molecule has 0 fully saturated rings. The number of hydrogen-bond donors (Lipinski definition) is 0. The monoisotopic (exact) mass is 294 g/mol. The molecule has 4 heteroatoms. The molecule has 2 rings (SSSR count). The second-order valence-corrected chi connectivity index (χ2v) is 4.91. The Bertz CT molecular complexity index is 520. The molecule has 3 nitrogen and oxygen atoms in total. The molecule has 17 heavy (non-hydrogen) atoms. The molecule has 1 aromatic heterocycles. The first-order valence-corrected chi connectivity index (χ1v) is 6.30. The van der Waals surface area contributed by atoms with Gasteiger partial charge in [-0.05, 0) is 41.9 Å². The zero-order chi connectivity index (χ0) is 12.4. The smallest absolute Gasteiger partial charge is 0.141 e. The summed E-state index contributed by atoms with van der Waals surface area (Å²) in [5, 5.41) is 0. The molecule has 0 saturated heterocycles. The van der Waals surface area contributed by atoms with Gasteiger partial charge < -0.3 is 9.30 Å². The first-order valence-electron chi connectivity index (χ1n) is 5.50. The lowest BCUT2D eigenvalue weighted by Gasteiger charge is -2.13. The molecule has 0 radical (unpaired) electrons. The molecular formula is C13H15BrN2O. The van der Waals surface area contributed by atoms with E-state index in [9.17, 15) is 0 Å². The molecule has 0 saturated carbocycles. The van der Waals surface area contributed by atoms with Gasteiger partial charge in [-0.3, -0.25) is 0 Å². The van der Waals surface area contributed by atoms with Crippen LogP contribution in [0.2, 0.25) is 0 Å². The van der Waals surface area contributed by atoms with Gasteiger partial charge >= 0.3 is 0 Å². The number of hydrogen-bond acceptors (Lipinski definition) is 2. The molecule has 0 N–H and O–H groups in total. The van der Waals surface area contributed by atoms with Crippen LogP contribution in [0.15, 0.2) is 35.1 Å². The quantitative estimate of drug-likeness (QED) is 0.858. The molecule has 0 aliphatic heterocycles. The second-order valence-electron chi connectivity index (χ2n) is 4.10. The summed E-state index contributed by atoms with van der Waals surface area (Å²) in [6.45, 7) is 4.27. The molecule has 0 amide bonds. The van der Waals surface area contributed by atoms with Gasteiger partial charge in [-0.25, -0.2) is 4.98 Å². The van der Waals surface area contributed by atoms with Crippen molar-refractivity contribution in [2.45, 2.75) is 19.9 Å². The van der Waals surface area contributed by atoms with Crippen molar-refractivity contribution >= 4 is 15.9 Å². The van der Waals surface area contributed by atoms with Crippen molar-refractivity contribution in [3.05, 3.63) is 35.1 Å². The number of rotatable bonds is 3. The fourth-order valence-electron chi connectivity index (χ4n) is 1.81. The summed E-state index contributed by atoms with van der Waals surface area (Å²) in [6.07, 6.45) is 1.83. The fraction of sp³-hybridized carbons (Fsp3) is 0.308. The normalized spacial score (nSPS) is 10.9. The van der Waals surface area contributed by atoms with Crippen LogP contribution in [-0.2, 0) is 0 Å². The average molecular weight is 295 g/mol. The van der Waals surface area contributed by atoms with Crippen molar-refractivity contribution < 1.29 is 4.74 Å². The van der Waals surface area contributed by atoms with Crippen LogP contribution >= 0.6 is 15.9 Å². The Morgan fingerprint density at radius 2 is 2.12 bits per heavy atom. The Labute approximate surface area is 110 Å². The summed E-state index contributed by atoms with van der Waals surface area (Å²) in [7, 11) is 1.67. The Morgan fingerprint density at radius 3 is 2.76 bits per heavy atom. The number of benzene rings is 1. The van der Waals surface area contributed by atoms with E-state index in [0.717, 1.165) is 21.7 Å². The van der Waals surface area contributed by atoms with Crippen molar-refractivity contribution in [3.8, 4) is 17.1 Å². The van der Waals surface area contributed by atoms with Gasteiger partial charge in [0.15, 0.2) is 0 Å². The second kappa shape index (κ2) is 4.92. The highest BCUT2D eigenvalue weighted by atomic mass is 79.9. The maximum atomic E-state index is 5.23. The largest absolute Gasteiger partial charge is 0.497 e. The van der Waals surface area contributed by atoms with Gasteiger partial charge in [0.2, 0.25) is 0 Å². The van der Waals surface area contributed by atoms with Crippen molar-refractivity contribution in [1.82, 2.24) is 9.55 Å². The molecule has 90 valence electrons. The summed E-state index contributed by atoms with van der Waals surface area (Å²) < 4.78 is 8.37. The third kappa shape index (κ3) is 2.36. The van der Waals surface area contributed by atoms with Gasteiger partial charge in [-0.15, -0.1) is 0 Å². The highest BCUT2D eigenvalue weighted by Crippen LogP contribution is 2.28. The lowest BCUT2D eigenvalue weighted by molar-refractivity contribution is 0.415. The third-order valence-corrected chi connectivity index (χ3v) is 3.18. The van der Waals surface area contributed by atoms with Crippen molar-refractivity contribution in [3.63, 3.8) is 0 Å². The van der Waals surface area contributed by atoms with Gasteiger partial charge in [-0.1, -0.05) is 12.1 Å². The molecule has 0 unspecified atom stereocenters. The highest BCUT2D eigenvalue weighted by molar-refractivity contribution is 9.10. The number of aromatic nitrogens is 2. The number of methoxy groups -OCH3 is 1. The molecule has 0 bridgehead atoms. The van der Waals surface area contributed by atoms with Crippen molar-refractivity contribution in [1.29, 1.82) is 0 Å².